The number of anilines is 1. The van der Waals surface area contributed by atoms with E-state index in [0.29, 0.717) is 0 Å². The highest BCUT2D eigenvalue weighted by atomic mass is 35.5. The van der Waals surface area contributed by atoms with Crippen molar-refractivity contribution in [2.45, 2.75) is 19.9 Å². The Kier molecular flexibility index (Phi) is 4.53. The van der Waals surface area contributed by atoms with Crippen LogP contribution in [0.5, 0.6) is 0 Å². The van der Waals surface area contributed by atoms with E-state index in [4.69, 9.17) is 11.6 Å². The van der Waals surface area contributed by atoms with Gasteiger partial charge in [0, 0.05) is 42.9 Å². The molecule has 0 unspecified atom stereocenters. The van der Waals surface area contributed by atoms with E-state index in [9.17, 15) is 4.79 Å². The Labute approximate surface area is 119 Å². The first kappa shape index (κ1) is 14.0. The smallest absolute Gasteiger partial charge is 0.317 e. The Balaban J connectivity index is 1.90. The molecule has 0 aromatic heterocycles. The van der Waals surface area contributed by atoms with Crippen LogP contribution >= 0.6 is 11.6 Å². The quantitative estimate of drug-likeness (QED) is 0.904. The molecule has 1 heterocycles. The highest BCUT2D eigenvalue weighted by Crippen LogP contribution is 2.20. The van der Waals surface area contributed by atoms with Crippen molar-refractivity contribution in [2.75, 3.05) is 31.1 Å². The van der Waals surface area contributed by atoms with Gasteiger partial charge in [0.1, 0.15) is 0 Å². The minimum Gasteiger partial charge on any atom is -0.368 e. The molecular formula is C14H20ClN3O. The highest BCUT2D eigenvalue weighted by Gasteiger charge is 2.21. The van der Waals surface area contributed by atoms with E-state index in [0.717, 1.165) is 36.9 Å². The maximum atomic E-state index is 11.9. The van der Waals surface area contributed by atoms with Crippen molar-refractivity contribution in [1.82, 2.24) is 10.2 Å². The average molecular weight is 282 g/mol. The number of carbonyl (C=O) groups is 1. The number of piperazine rings is 1. The van der Waals surface area contributed by atoms with E-state index in [-0.39, 0.29) is 12.1 Å². The summed E-state index contributed by atoms with van der Waals surface area (Å²) in [5, 5.41) is 3.67. The van der Waals surface area contributed by atoms with Crippen LogP contribution in [0.3, 0.4) is 0 Å². The number of halogens is 1. The first-order valence-corrected chi connectivity index (χ1v) is 7.00. The predicted octanol–water partition coefficient (Wildman–Crippen LogP) is 2.58. The minimum atomic E-state index is 0.0285. The van der Waals surface area contributed by atoms with Crippen LogP contribution in [0.25, 0.3) is 0 Å². The van der Waals surface area contributed by atoms with Crippen LogP contribution in [0, 0.1) is 0 Å². The number of urea groups is 1. The summed E-state index contributed by atoms with van der Waals surface area (Å²) in [4.78, 5) is 16.0. The summed E-state index contributed by atoms with van der Waals surface area (Å²) in [6, 6.07) is 8.05. The average Bonchev–Trinajstić information content (AvgIpc) is 2.38. The molecule has 1 aromatic carbocycles. The molecule has 0 radical (unpaired) electrons. The summed E-state index contributed by atoms with van der Waals surface area (Å²) in [5.74, 6) is 0. The molecule has 1 saturated heterocycles. The second-order valence-electron chi connectivity index (χ2n) is 5.06. The van der Waals surface area contributed by atoms with Crippen molar-refractivity contribution in [3.8, 4) is 0 Å². The Morgan fingerprint density at radius 3 is 2.53 bits per heavy atom. The van der Waals surface area contributed by atoms with Crippen molar-refractivity contribution in [3.63, 3.8) is 0 Å². The van der Waals surface area contributed by atoms with E-state index in [2.05, 4.69) is 16.3 Å². The van der Waals surface area contributed by atoms with Gasteiger partial charge >= 0.3 is 6.03 Å². The number of hydrogen-bond donors (Lipinski definition) is 1. The lowest BCUT2D eigenvalue weighted by Gasteiger charge is -2.36. The zero-order valence-electron chi connectivity index (χ0n) is 11.4. The van der Waals surface area contributed by atoms with Gasteiger partial charge in [0.25, 0.3) is 0 Å². The van der Waals surface area contributed by atoms with Crippen LogP contribution in [0.2, 0.25) is 5.02 Å². The lowest BCUT2D eigenvalue weighted by atomic mass is 10.2. The van der Waals surface area contributed by atoms with Crippen molar-refractivity contribution in [2.24, 2.45) is 0 Å². The first-order chi connectivity index (χ1) is 9.06. The molecule has 104 valence electrons. The number of carbonyl (C=O) groups excluding carboxylic acids is 1. The van der Waals surface area contributed by atoms with Crippen LogP contribution < -0.4 is 10.2 Å². The highest BCUT2D eigenvalue weighted by molar-refractivity contribution is 6.30. The van der Waals surface area contributed by atoms with Gasteiger partial charge in [0.15, 0.2) is 0 Å². The van der Waals surface area contributed by atoms with Gasteiger partial charge < -0.3 is 15.1 Å². The second kappa shape index (κ2) is 6.15. The van der Waals surface area contributed by atoms with Crippen molar-refractivity contribution >= 4 is 23.3 Å². The molecule has 2 rings (SSSR count). The predicted molar refractivity (Wildman–Crippen MR) is 78.9 cm³/mol. The summed E-state index contributed by atoms with van der Waals surface area (Å²) in [5.41, 5.74) is 1.12. The third-order valence-corrected chi connectivity index (χ3v) is 3.39. The van der Waals surface area contributed by atoms with Gasteiger partial charge in [-0.2, -0.15) is 0 Å². The normalized spacial score (nSPS) is 15.8. The van der Waals surface area contributed by atoms with E-state index >= 15 is 0 Å². The van der Waals surface area contributed by atoms with Gasteiger partial charge in [-0.25, -0.2) is 4.79 Å². The standard InChI is InChI=1S/C14H20ClN3O/c1-11(2)16-14(19)18-8-6-17(7-9-18)13-5-3-4-12(15)10-13/h3-5,10-11H,6-9H2,1-2H3,(H,16,19). The molecule has 1 aliphatic rings. The van der Waals surface area contributed by atoms with Crippen LogP contribution in [0.15, 0.2) is 24.3 Å². The fourth-order valence-electron chi connectivity index (χ4n) is 2.18. The first-order valence-electron chi connectivity index (χ1n) is 6.62. The van der Waals surface area contributed by atoms with E-state index < -0.39 is 0 Å². The minimum absolute atomic E-state index is 0.0285. The Morgan fingerprint density at radius 1 is 1.26 bits per heavy atom. The summed E-state index contributed by atoms with van der Waals surface area (Å²) >= 11 is 6.00. The molecule has 4 nitrogen and oxygen atoms in total. The van der Waals surface area contributed by atoms with Gasteiger partial charge in [-0.15, -0.1) is 0 Å². The van der Waals surface area contributed by atoms with Crippen molar-refractivity contribution in [1.29, 1.82) is 0 Å². The fraction of sp³-hybridized carbons (Fsp3) is 0.500. The molecule has 1 aromatic rings. The lowest BCUT2D eigenvalue weighted by molar-refractivity contribution is 0.192. The maximum Gasteiger partial charge on any atom is 0.317 e. The maximum absolute atomic E-state index is 11.9. The summed E-state index contributed by atoms with van der Waals surface area (Å²) in [6.45, 7) is 7.11. The van der Waals surface area contributed by atoms with E-state index in [1.54, 1.807) is 0 Å². The SMILES string of the molecule is CC(C)NC(=O)N1CCN(c2cccc(Cl)c2)CC1. The lowest BCUT2D eigenvalue weighted by Crippen LogP contribution is -2.52. The number of nitrogens with one attached hydrogen (secondary N) is 1. The van der Waals surface area contributed by atoms with E-state index in [1.807, 2.05) is 36.9 Å². The Hall–Kier alpha value is -1.42. The molecule has 0 atom stereocenters. The Morgan fingerprint density at radius 2 is 1.95 bits per heavy atom. The molecule has 0 aliphatic carbocycles. The number of amides is 2. The topological polar surface area (TPSA) is 35.6 Å². The molecular weight excluding hydrogens is 262 g/mol. The zero-order valence-corrected chi connectivity index (χ0v) is 12.2. The third kappa shape index (κ3) is 3.77. The van der Waals surface area contributed by atoms with Gasteiger partial charge in [0.2, 0.25) is 0 Å². The van der Waals surface area contributed by atoms with Gasteiger partial charge in [0.05, 0.1) is 0 Å². The van der Waals surface area contributed by atoms with Crippen LogP contribution in [-0.4, -0.2) is 43.2 Å². The van der Waals surface area contributed by atoms with Crippen LogP contribution in [0.1, 0.15) is 13.8 Å². The van der Waals surface area contributed by atoms with Crippen LogP contribution in [-0.2, 0) is 0 Å². The van der Waals surface area contributed by atoms with Gasteiger partial charge in [-0.3, -0.25) is 0 Å². The molecule has 19 heavy (non-hydrogen) atoms. The fourth-order valence-corrected chi connectivity index (χ4v) is 2.36. The molecule has 1 aliphatic heterocycles. The summed E-state index contributed by atoms with van der Waals surface area (Å²) in [6.07, 6.45) is 0. The number of benzene rings is 1. The largest absolute Gasteiger partial charge is 0.368 e. The molecule has 1 N–H and O–H groups in total. The van der Waals surface area contributed by atoms with Crippen molar-refractivity contribution in [3.05, 3.63) is 29.3 Å². The van der Waals surface area contributed by atoms with Crippen LogP contribution in [0.4, 0.5) is 10.5 Å². The third-order valence-electron chi connectivity index (χ3n) is 3.15. The Bertz CT molecular complexity index is 442. The van der Waals surface area contributed by atoms with Crippen molar-refractivity contribution < 1.29 is 4.79 Å². The van der Waals surface area contributed by atoms with Gasteiger partial charge in [-0.1, -0.05) is 17.7 Å². The second-order valence-corrected chi connectivity index (χ2v) is 5.49. The number of nitrogens with zero attached hydrogens (tertiary/aromatic N) is 2. The van der Waals surface area contributed by atoms with E-state index in [1.165, 1.54) is 0 Å². The monoisotopic (exact) mass is 281 g/mol. The number of hydrogen-bond acceptors (Lipinski definition) is 2. The number of rotatable bonds is 2. The molecule has 5 heteroatoms. The summed E-state index contributed by atoms with van der Waals surface area (Å²) < 4.78 is 0. The molecule has 0 saturated carbocycles. The van der Waals surface area contributed by atoms with Gasteiger partial charge in [-0.05, 0) is 32.0 Å². The molecule has 0 bridgehead atoms. The molecule has 1 fully saturated rings. The molecule has 0 spiro atoms. The summed E-state index contributed by atoms with van der Waals surface area (Å²) in [7, 11) is 0. The molecule has 2 amide bonds. The zero-order chi connectivity index (χ0) is 13.8.